The van der Waals surface area contributed by atoms with Gasteiger partial charge in [0.25, 0.3) is 0 Å². The fourth-order valence-electron chi connectivity index (χ4n) is 1.71. The molecule has 0 amide bonds. The van der Waals surface area contributed by atoms with E-state index in [4.69, 9.17) is 0 Å². The van der Waals surface area contributed by atoms with Gasteiger partial charge in [-0.15, -0.1) is 0 Å². The minimum Gasteiger partial charge on any atom is -0.0914 e. The monoisotopic (exact) mass is 194 g/mol. The molecule has 0 spiro atoms. The van der Waals surface area contributed by atoms with Crippen LogP contribution in [0.1, 0.15) is 47.5 Å². The standard InChI is InChI=1S/C14H26/c1-6-8-12(3)10-11-14(5)13(4)9-7-2/h6-9,12-14H,10-11H2,1-5H3/b8-6-,9-7-. The van der Waals surface area contributed by atoms with E-state index in [0.717, 1.165) is 17.8 Å². The third kappa shape index (κ3) is 6.01. The van der Waals surface area contributed by atoms with Crippen LogP contribution in [0.25, 0.3) is 0 Å². The van der Waals surface area contributed by atoms with E-state index in [1.807, 2.05) is 0 Å². The fraction of sp³-hybridized carbons (Fsp3) is 0.714. The highest BCUT2D eigenvalue weighted by molar-refractivity contribution is 4.87. The SMILES string of the molecule is C/C=C\C(C)CCC(C)C(C)/C=C\C. The Balaban J connectivity index is 3.77. The fourth-order valence-corrected chi connectivity index (χ4v) is 1.71. The van der Waals surface area contributed by atoms with E-state index in [0.29, 0.717) is 0 Å². The van der Waals surface area contributed by atoms with Crippen LogP contribution in [-0.4, -0.2) is 0 Å². The van der Waals surface area contributed by atoms with Crippen molar-refractivity contribution >= 4 is 0 Å². The van der Waals surface area contributed by atoms with Crippen molar-refractivity contribution in [1.82, 2.24) is 0 Å². The van der Waals surface area contributed by atoms with Crippen LogP contribution >= 0.6 is 0 Å². The summed E-state index contributed by atoms with van der Waals surface area (Å²) in [6.07, 6.45) is 11.6. The van der Waals surface area contributed by atoms with Crippen molar-refractivity contribution in [1.29, 1.82) is 0 Å². The Hall–Kier alpha value is -0.520. The molecule has 0 aromatic rings. The number of hydrogen-bond acceptors (Lipinski definition) is 0. The quantitative estimate of drug-likeness (QED) is 0.531. The zero-order valence-corrected chi connectivity index (χ0v) is 10.5. The number of allylic oxidation sites excluding steroid dienone is 4. The third-order valence-electron chi connectivity index (χ3n) is 2.99. The average Bonchev–Trinajstić information content (AvgIpc) is 2.15. The zero-order valence-electron chi connectivity index (χ0n) is 10.5. The first kappa shape index (κ1) is 13.5. The number of hydrogen-bond donors (Lipinski definition) is 0. The molecule has 0 aromatic heterocycles. The summed E-state index contributed by atoms with van der Waals surface area (Å²) >= 11 is 0. The topological polar surface area (TPSA) is 0 Å². The van der Waals surface area contributed by atoms with Crippen molar-refractivity contribution in [3.63, 3.8) is 0 Å². The normalized spacial score (nSPS) is 18.9. The Bertz CT molecular complexity index is 176. The summed E-state index contributed by atoms with van der Waals surface area (Å²) in [6, 6.07) is 0. The first-order valence-electron chi connectivity index (χ1n) is 5.87. The Kier molecular flexibility index (Phi) is 7.55. The Labute approximate surface area is 90.1 Å². The lowest BCUT2D eigenvalue weighted by molar-refractivity contribution is 0.395. The Morgan fingerprint density at radius 2 is 1.43 bits per heavy atom. The maximum atomic E-state index is 2.35. The lowest BCUT2D eigenvalue weighted by atomic mass is 9.88. The molecule has 0 rings (SSSR count). The van der Waals surface area contributed by atoms with Gasteiger partial charge in [-0.1, -0.05) is 45.1 Å². The van der Waals surface area contributed by atoms with Gasteiger partial charge in [-0.05, 0) is 44.4 Å². The lowest BCUT2D eigenvalue weighted by Crippen LogP contribution is -2.06. The Morgan fingerprint density at radius 1 is 0.857 bits per heavy atom. The van der Waals surface area contributed by atoms with Crippen LogP contribution in [0.5, 0.6) is 0 Å². The van der Waals surface area contributed by atoms with Gasteiger partial charge >= 0.3 is 0 Å². The molecule has 0 fully saturated rings. The second-order valence-electron chi connectivity index (χ2n) is 4.44. The van der Waals surface area contributed by atoms with Crippen LogP contribution in [0.2, 0.25) is 0 Å². The van der Waals surface area contributed by atoms with Gasteiger partial charge < -0.3 is 0 Å². The summed E-state index contributed by atoms with van der Waals surface area (Å²) in [6.45, 7) is 11.2. The predicted molar refractivity (Wildman–Crippen MR) is 66.4 cm³/mol. The van der Waals surface area contributed by atoms with Gasteiger partial charge in [0, 0.05) is 0 Å². The Morgan fingerprint density at radius 3 is 1.93 bits per heavy atom. The second kappa shape index (κ2) is 7.84. The molecular weight excluding hydrogens is 168 g/mol. The van der Waals surface area contributed by atoms with Crippen LogP contribution in [0.4, 0.5) is 0 Å². The molecule has 0 saturated heterocycles. The minimum atomic E-state index is 0.720. The second-order valence-corrected chi connectivity index (χ2v) is 4.44. The molecule has 0 aromatic carbocycles. The summed E-state index contributed by atoms with van der Waals surface area (Å²) in [5.74, 6) is 2.26. The highest BCUT2D eigenvalue weighted by Crippen LogP contribution is 2.21. The molecule has 3 atom stereocenters. The molecular formula is C14H26. The first-order valence-corrected chi connectivity index (χ1v) is 5.87. The maximum absolute atomic E-state index is 2.35. The molecule has 14 heavy (non-hydrogen) atoms. The highest BCUT2D eigenvalue weighted by atomic mass is 14.1. The molecule has 0 heterocycles. The van der Waals surface area contributed by atoms with E-state index in [1.165, 1.54) is 12.8 Å². The number of rotatable bonds is 6. The van der Waals surface area contributed by atoms with E-state index < -0.39 is 0 Å². The van der Waals surface area contributed by atoms with E-state index in [9.17, 15) is 0 Å². The van der Waals surface area contributed by atoms with Gasteiger partial charge in [0.15, 0.2) is 0 Å². The first-order chi connectivity index (χ1) is 6.61. The molecule has 82 valence electrons. The van der Waals surface area contributed by atoms with Crippen molar-refractivity contribution in [3.8, 4) is 0 Å². The van der Waals surface area contributed by atoms with Gasteiger partial charge in [0.05, 0.1) is 0 Å². The van der Waals surface area contributed by atoms with Gasteiger partial charge in [-0.3, -0.25) is 0 Å². The molecule has 0 aliphatic carbocycles. The molecule has 3 unspecified atom stereocenters. The molecule has 0 aliphatic rings. The van der Waals surface area contributed by atoms with Gasteiger partial charge in [0.1, 0.15) is 0 Å². The molecule has 0 bridgehead atoms. The van der Waals surface area contributed by atoms with Crippen LogP contribution in [0, 0.1) is 17.8 Å². The molecule has 0 heteroatoms. The van der Waals surface area contributed by atoms with E-state index in [1.54, 1.807) is 0 Å². The zero-order chi connectivity index (χ0) is 11.0. The van der Waals surface area contributed by atoms with Crippen LogP contribution in [-0.2, 0) is 0 Å². The minimum absolute atomic E-state index is 0.720. The largest absolute Gasteiger partial charge is 0.0914 e. The van der Waals surface area contributed by atoms with Crippen molar-refractivity contribution in [3.05, 3.63) is 24.3 Å². The molecule has 0 N–H and O–H groups in total. The summed E-state index contributed by atoms with van der Waals surface area (Å²) in [5.41, 5.74) is 0. The van der Waals surface area contributed by atoms with Gasteiger partial charge in [-0.25, -0.2) is 0 Å². The van der Waals surface area contributed by atoms with Crippen LogP contribution in [0.3, 0.4) is 0 Å². The molecule has 0 saturated carbocycles. The lowest BCUT2D eigenvalue weighted by Gasteiger charge is -2.17. The van der Waals surface area contributed by atoms with Crippen molar-refractivity contribution < 1.29 is 0 Å². The van der Waals surface area contributed by atoms with Gasteiger partial charge in [-0.2, -0.15) is 0 Å². The van der Waals surface area contributed by atoms with E-state index in [2.05, 4.69) is 58.9 Å². The summed E-state index contributed by atoms with van der Waals surface area (Å²) < 4.78 is 0. The maximum Gasteiger partial charge on any atom is -0.0236 e. The van der Waals surface area contributed by atoms with Crippen molar-refractivity contribution in [2.24, 2.45) is 17.8 Å². The van der Waals surface area contributed by atoms with E-state index >= 15 is 0 Å². The van der Waals surface area contributed by atoms with E-state index in [-0.39, 0.29) is 0 Å². The summed E-state index contributed by atoms with van der Waals surface area (Å²) in [4.78, 5) is 0. The highest BCUT2D eigenvalue weighted by Gasteiger charge is 2.09. The molecule has 0 aliphatic heterocycles. The van der Waals surface area contributed by atoms with Crippen LogP contribution < -0.4 is 0 Å². The summed E-state index contributed by atoms with van der Waals surface area (Å²) in [5, 5.41) is 0. The average molecular weight is 194 g/mol. The third-order valence-corrected chi connectivity index (χ3v) is 2.99. The predicted octanol–water partition coefficient (Wildman–Crippen LogP) is 4.83. The molecule has 0 radical (unpaired) electrons. The van der Waals surface area contributed by atoms with Crippen LogP contribution in [0.15, 0.2) is 24.3 Å². The molecule has 0 nitrogen and oxygen atoms in total. The van der Waals surface area contributed by atoms with Crippen molar-refractivity contribution in [2.45, 2.75) is 47.5 Å². The summed E-state index contributed by atoms with van der Waals surface area (Å²) in [7, 11) is 0. The smallest absolute Gasteiger partial charge is 0.0236 e. The van der Waals surface area contributed by atoms with Crippen molar-refractivity contribution in [2.75, 3.05) is 0 Å². The van der Waals surface area contributed by atoms with Gasteiger partial charge in [0.2, 0.25) is 0 Å².